The van der Waals surface area contributed by atoms with Crippen molar-refractivity contribution in [2.45, 2.75) is 39.7 Å². The van der Waals surface area contributed by atoms with Gasteiger partial charge in [-0.05, 0) is 44.4 Å². The van der Waals surface area contributed by atoms with Crippen molar-refractivity contribution in [1.82, 2.24) is 0 Å². The minimum atomic E-state index is -0.936. The van der Waals surface area contributed by atoms with Gasteiger partial charge in [-0.15, -0.1) is 0 Å². The fourth-order valence-corrected chi connectivity index (χ4v) is 2.63. The highest BCUT2D eigenvalue weighted by Gasteiger charge is 2.34. The number of nitrogens with one attached hydrogen (secondary N) is 1. The molecule has 0 fully saturated rings. The normalized spacial score (nSPS) is 13.3. The molecule has 1 aromatic carbocycles. The van der Waals surface area contributed by atoms with E-state index in [0.717, 1.165) is 0 Å². The van der Waals surface area contributed by atoms with Crippen LogP contribution in [-0.2, 0) is 14.3 Å². The van der Waals surface area contributed by atoms with Crippen LogP contribution in [0.25, 0.3) is 0 Å². The van der Waals surface area contributed by atoms with E-state index in [9.17, 15) is 9.59 Å². The van der Waals surface area contributed by atoms with Crippen LogP contribution in [0, 0.1) is 5.92 Å². The number of benzene rings is 1. The van der Waals surface area contributed by atoms with Gasteiger partial charge in [0, 0.05) is 12.3 Å². The first-order valence-corrected chi connectivity index (χ1v) is 7.99. The van der Waals surface area contributed by atoms with Gasteiger partial charge in [0.2, 0.25) is 0 Å². The Morgan fingerprint density at radius 1 is 1.25 bits per heavy atom. The summed E-state index contributed by atoms with van der Waals surface area (Å²) in [5, 5.41) is 2.82. The van der Waals surface area contributed by atoms with Gasteiger partial charge in [0.05, 0.1) is 14.2 Å². The van der Waals surface area contributed by atoms with E-state index in [1.165, 1.54) is 20.3 Å². The zero-order valence-electron chi connectivity index (χ0n) is 15.3. The number of rotatable bonds is 8. The van der Waals surface area contributed by atoms with Crippen molar-refractivity contribution < 1.29 is 23.8 Å². The Morgan fingerprint density at radius 2 is 1.92 bits per heavy atom. The average molecular weight is 337 g/mol. The smallest absolute Gasteiger partial charge is 0.341 e. The van der Waals surface area contributed by atoms with Crippen LogP contribution in [-0.4, -0.2) is 38.3 Å². The molecule has 0 bridgehead atoms. The van der Waals surface area contributed by atoms with Crippen molar-refractivity contribution in [3.05, 3.63) is 23.8 Å². The maximum atomic E-state index is 12.7. The van der Waals surface area contributed by atoms with Gasteiger partial charge in [0.15, 0.2) is 0 Å². The number of methoxy groups -OCH3 is 2. The van der Waals surface area contributed by atoms with Crippen LogP contribution in [0.4, 0.5) is 5.69 Å². The molecular weight excluding hydrogens is 310 g/mol. The zero-order valence-corrected chi connectivity index (χ0v) is 15.3. The van der Waals surface area contributed by atoms with Gasteiger partial charge in [-0.25, -0.2) is 4.79 Å². The Bertz CT molecular complexity index is 585. The molecule has 1 N–H and O–H groups in total. The highest BCUT2D eigenvalue weighted by atomic mass is 16.5. The monoisotopic (exact) mass is 337 g/mol. The second kappa shape index (κ2) is 8.68. The van der Waals surface area contributed by atoms with E-state index in [-0.39, 0.29) is 11.5 Å². The largest absolute Gasteiger partial charge is 0.496 e. The lowest BCUT2D eigenvalue weighted by atomic mass is 9.93. The number of carbonyl (C=O) groups excluding carboxylic acids is 2. The van der Waals surface area contributed by atoms with Gasteiger partial charge in [-0.2, -0.15) is 0 Å². The first-order chi connectivity index (χ1) is 11.3. The molecule has 0 radical (unpaired) electrons. The molecule has 6 heteroatoms. The molecule has 1 aromatic rings. The summed E-state index contributed by atoms with van der Waals surface area (Å²) in [5.74, 6) is -0.0971. The van der Waals surface area contributed by atoms with Crippen LogP contribution in [0.2, 0.25) is 0 Å². The van der Waals surface area contributed by atoms with E-state index in [0.29, 0.717) is 30.4 Å². The van der Waals surface area contributed by atoms with Crippen LogP contribution in [0.5, 0.6) is 5.75 Å². The average Bonchev–Trinajstić information content (AvgIpc) is 2.53. The molecule has 0 unspecified atom stereocenters. The second-order valence-corrected chi connectivity index (χ2v) is 6.12. The Kier molecular flexibility index (Phi) is 7.22. The summed E-state index contributed by atoms with van der Waals surface area (Å²) in [6.45, 7) is 8.14. The molecule has 1 atom stereocenters. The Hall–Kier alpha value is -2.08. The molecule has 1 amide bonds. The van der Waals surface area contributed by atoms with Gasteiger partial charge >= 0.3 is 5.97 Å². The zero-order chi connectivity index (χ0) is 18.3. The fourth-order valence-electron chi connectivity index (χ4n) is 2.63. The summed E-state index contributed by atoms with van der Waals surface area (Å²) < 4.78 is 15.6. The lowest BCUT2D eigenvalue weighted by Gasteiger charge is -2.30. The number of carbonyl (C=O) groups is 2. The van der Waals surface area contributed by atoms with Crippen molar-refractivity contribution >= 4 is 17.6 Å². The van der Waals surface area contributed by atoms with Crippen molar-refractivity contribution in [3.63, 3.8) is 0 Å². The molecule has 0 heterocycles. The summed E-state index contributed by atoms with van der Waals surface area (Å²) in [4.78, 5) is 24.5. The number of anilines is 1. The number of hydrogen-bond donors (Lipinski definition) is 1. The highest BCUT2D eigenvalue weighted by molar-refractivity contribution is 5.99. The summed E-state index contributed by atoms with van der Waals surface area (Å²) in [6.07, 6.45) is 0.590. The minimum Gasteiger partial charge on any atom is -0.496 e. The molecule has 0 spiro atoms. The van der Waals surface area contributed by atoms with Gasteiger partial charge in [-0.1, -0.05) is 13.8 Å². The van der Waals surface area contributed by atoms with Gasteiger partial charge in [-0.3, -0.25) is 4.79 Å². The summed E-state index contributed by atoms with van der Waals surface area (Å²) >= 11 is 0. The van der Waals surface area contributed by atoms with Crippen LogP contribution >= 0.6 is 0 Å². The third-order valence-electron chi connectivity index (χ3n) is 3.60. The Balaban J connectivity index is 3.06. The first-order valence-electron chi connectivity index (χ1n) is 7.99. The number of amides is 1. The molecule has 0 aliphatic carbocycles. The van der Waals surface area contributed by atoms with Crippen molar-refractivity contribution in [1.29, 1.82) is 0 Å². The molecule has 0 aliphatic heterocycles. The molecule has 0 saturated carbocycles. The van der Waals surface area contributed by atoms with E-state index in [2.05, 4.69) is 5.32 Å². The predicted molar refractivity (Wildman–Crippen MR) is 92.4 cm³/mol. The lowest BCUT2D eigenvalue weighted by molar-refractivity contribution is -0.140. The standard InChI is InChI=1S/C18H27NO5/c1-7-24-18(4,11-12(2)3)17(21)19-13-8-9-15(22-5)14(10-13)16(20)23-6/h8-10,12H,7,11H2,1-6H3,(H,19,21)/t18-/m0/s1. The summed E-state index contributed by atoms with van der Waals surface area (Å²) in [5.41, 5.74) is -0.204. The molecule has 0 aromatic heterocycles. The van der Waals surface area contributed by atoms with E-state index in [4.69, 9.17) is 14.2 Å². The fraction of sp³-hybridized carbons (Fsp3) is 0.556. The highest BCUT2D eigenvalue weighted by Crippen LogP contribution is 2.26. The van der Waals surface area contributed by atoms with Crippen LogP contribution in [0.15, 0.2) is 18.2 Å². The van der Waals surface area contributed by atoms with Crippen molar-refractivity contribution in [2.75, 3.05) is 26.1 Å². The topological polar surface area (TPSA) is 73.9 Å². The maximum Gasteiger partial charge on any atom is 0.341 e. The van der Waals surface area contributed by atoms with E-state index >= 15 is 0 Å². The Labute approximate surface area is 143 Å². The van der Waals surface area contributed by atoms with Crippen molar-refractivity contribution in [2.24, 2.45) is 5.92 Å². The SMILES string of the molecule is CCO[C@@](C)(CC(C)C)C(=O)Nc1ccc(OC)c(C(=O)OC)c1. The van der Waals surface area contributed by atoms with Crippen LogP contribution in [0.3, 0.4) is 0 Å². The summed E-state index contributed by atoms with van der Waals surface area (Å²) in [7, 11) is 2.76. The molecule has 0 aliphatic rings. The summed E-state index contributed by atoms with van der Waals surface area (Å²) in [6, 6.07) is 4.82. The van der Waals surface area contributed by atoms with Crippen LogP contribution in [0.1, 0.15) is 44.5 Å². The molecule has 0 saturated heterocycles. The number of hydrogen-bond acceptors (Lipinski definition) is 5. The molecule has 24 heavy (non-hydrogen) atoms. The third-order valence-corrected chi connectivity index (χ3v) is 3.60. The molecule has 6 nitrogen and oxygen atoms in total. The van der Waals surface area contributed by atoms with Crippen LogP contribution < -0.4 is 10.1 Å². The quantitative estimate of drug-likeness (QED) is 0.737. The van der Waals surface area contributed by atoms with E-state index in [1.54, 1.807) is 19.1 Å². The Morgan fingerprint density at radius 3 is 2.42 bits per heavy atom. The van der Waals surface area contributed by atoms with Gasteiger partial charge in [0.25, 0.3) is 5.91 Å². The van der Waals surface area contributed by atoms with Gasteiger partial charge in [0.1, 0.15) is 16.9 Å². The second-order valence-electron chi connectivity index (χ2n) is 6.12. The van der Waals surface area contributed by atoms with Gasteiger partial charge < -0.3 is 19.5 Å². The number of esters is 1. The predicted octanol–water partition coefficient (Wildman–Crippen LogP) is 3.26. The minimum absolute atomic E-state index is 0.250. The van der Waals surface area contributed by atoms with Crippen molar-refractivity contribution in [3.8, 4) is 5.75 Å². The number of ether oxygens (including phenoxy) is 3. The molecule has 1 rings (SSSR count). The lowest BCUT2D eigenvalue weighted by Crippen LogP contribution is -2.44. The van der Waals surface area contributed by atoms with E-state index < -0.39 is 11.6 Å². The third kappa shape index (κ3) is 4.96. The van der Waals surface area contributed by atoms with E-state index in [1.807, 2.05) is 20.8 Å². The molecule has 134 valence electrons. The first kappa shape index (κ1) is 20.0. The molecular formula is C18H27NO5. The maximum absolute atomic E-state index is 12.7.